The van der Waals surface area contributed by atoms with Crippen molar-refractivity contribution < 1.29 is 4.74 Å². The molecule has 1 N–H and O–H groups in total. The number of fused-ring (bicyclic) bond motifs is 1. The summed E-state index contributed by atoms with van der Waals surface area (Å²) >= 11 is 1.43. The summed E-state index contributed by atoms with van der Waals surface area (Å²) in [7, 11) is 0. The topological polar surface area (TPSA) is 47.0 Å². The predicted octanol–water partition coefficient (Wildman–Crippen LogP) is 3.13. The lowest BCUT2D eigenvalue weighted by Crippen LogP contribution is -2.08. The Hall–Kier alpha value is -1.62. The second kappa shape index (κ2) is 5.17. The number of para-hydroxylation sites is 1. The van der Waals surface area contributed by atoms with Gasteiger partial charge in [0.25, 0.3) is 0 Å². The fraction of sp³-hybridized carbons (Fsp3) is 0.429. The highest BCUT2D eigenvalue weighted by molar-refractivity contribution is 7.09. The Kier molecular flexibility index (Phi) is 3.38. The summed E-state index contributed by atoms with van der Waals surface area (Å²) in [5.74, 6) is 2.59. The molecule has 100 valence electrons. The van der Waals surface area contributed by atoms with E-state index in [0.29, 0.717) is 12.5 Å². The predicted molar refractivity (Wildman–Crippen MR) is 77.0 cm³/mol. The van der Waals surface area contributed by atoms with Crippen LogP contribution in [0.1, 0.15) is 31.2 Å². The molecule has 19 heavy (non-hydrogen) atoms. The van der Waals surface area contributed by atoms with Gasteiger partial charge in [-0.2, -0.15) is 4.37 Å². The van der Waals surface area contributed by atoms with E-state index in [9.17, 15) is 0 Å². The summed E-state index contributed by atoms with van der Waals surface area (Å²) < 4.78 is 10.1. The zero-order valence-corrected chi connectivity index (χ0v) is 11.9. The third-order valence-electron chi connectivity index (χ3n) is 3.11. The quantitative estimate of drug-likeness (QED) is 0.931. The first-order valence-corrected chi connectivity index (χ1v) is 7.30. The van der Waals surface area contributed by atoms with Crippen molar-refractivity contribution in [2.45, 2.75) is 19.8 Å². The van der Waals surface area contributed by atoms with Crippen molar-refractivity contribution in [3.8, 4) is 5.75 Å². The number of aromatic nitrogens is 2. The highest BCUT2D eigenvalue weighted by Crippen LogP contribution is 2.37. The Morgan fingerprint density at radius 3 is 3.11 bits per heavy atom. The molecule has 1 aliphatic heterocycles. The highest BCUT2D eigenvalue weighted by Gasteiger charge is 2.28. The highest BCUT2D eigenvalue weighted by atomic mass is 32.1. The molecule has 0 spiro atoms. The molecule has 1 unspecified atom stereocenters. The molecule has 4 nitrogen and oxygen atoms in total. The SMILES string of the molecule is CC(C)CNc1nc(C2COc3ccccc32)ns1. The van der Waals surface area contributed by atoms with Crippen LogP contribution in [-0.4, -0.2) is 22.5 Å². The normalized spacial score (nSPS) is 17.3. The molecule has 0 aliphatic carbocycles. The van der Waals surface area contributed by atoms with Gasteiger partial charge in [0.2, 0.25) is 5.13 Å². The van der Waals surface area contributed by atoms with Crippen molar-refractivity contribution in [1.82, 2.24) is 9.36 Å². The summed E-state index contributed by atoms with van der Waals surface area (Å²) in [6.07, 6.45) is 0. The monoisotopic (exact) mass is 275 g/mol. The molecule has 2 heterocycles. The van der Waals surface area contributed by atoms with E-state index in [0.717, 1.165) is 23.3 Å². The lowest BCUT2D eigenvalue weighted by Gasteiger charge is -2.05. The smallest absolute Gasteiger partial charge is 0.202 e. The summed E-state index contributed by atoms with van der Waals surface area (Å²) in [5.41, 5.74) is 1.19. The lowest BCUT2D eigenvalue weighted by atomic mass is 10.0. The molecule has 3 rings (SSSR count). The van der Waals surface area contributed by atoms with Crippen molar-refractivity contribution in [2.24, 2.45) is 5.92 Å². The second-order valence-corrected chi connectivity index (χ2v) is 5.89. The van der Waals surface area contributed by atoms with Crippen LogP contribution in [0.4, 0.5) is 5.13 Å². The maximum absolute atomic E-state index is 5.68. The maximum atomic E-state index is 5.68. The van der Waals surface area contributed by atoms with Gasteiger partial charge in [-0.1, -0.05) is 32.0 Å². The van der Waals surface area contributed by atoms with Crippen molar-refractivity contribution in [3.63, 3.8) is 0 Å². The van der Waals surface area contributed by atoms with Crippen LogP contribution in [0.15, 0.2) is 24.3 Å². The number of hydrogen-bond donors (Lipinski definition) is 1. The fourth-order valence-electron chi connectivity index (χ4n) is 2.12. The van der Waals surface area contributed by atoms with Crippen LogP contribution >= 0.6 is 11.5 Å². The Morgan fingerprint density at radius 1 is 1.42 bits per heavy atom. The summed E-state index contributed by atoms with van der Waals surface area (Å²) in [6.45, 7) is 5.91. The average molecular weight is 275 g/mol. The largest absolute Gasteiger partial charge is 0.492 e. The van der Waals surface area contributed by atoms with E-state index in [-0.39, 0.29) is 5.92 Å². The van der Waals surface area contributed by atoms with Crippen molar-refractivity contribution >= 4 is 16.7 Å². The zero-order chi connectivity index (χ0) is 13.2. The molecule has 1 aromatic heterocycles. The van der Waals surface area contributed by atoms with Gasteiger partial charge in [0.15, 0.2) is 5.82 Å². The third kappa shape index (κ3) is 2.56. The lowest BCUT2D eigenvalue weighted by molar-refractivity contribution is 0.340. The molecule has 5 heteroatoms. The minimum atomic E-state index is 0.169. The van der Waals surface area contributed by atoms with Crippen LogP contribution < -0.4 is 10.1 Å². The van der Waals surface area contributed by atoms with Gasteiger partial charge in [-0.25, -0.2) is 4.98 Å². The zero-order valence-electron chi connectivity index (χ0n) is 11.1. The summed E-state index contributed by atoms with van der Waals surface area (Å²) in [6, 6.07) is 8.12. The molecular weight excluding hydrogens is 258 g/mol. The first-order chi connectivity index (χ1) is 9.24. The third-order valence-corrected chi connectivity index (χ3v) is 3.80. The van der Waals surface area contributed by atoms with E-state index in [1.807, 2.05) is 18.2 Å². The van der Waals surface area contributed by atoms with Crippen molar-refractivity contribution in [2.75, 3.05) is 18.5 Å². The molecule has 2 aromatic rings. The van der Waals surface area contributed by atoms with Crippen LogP contribution in [0.3, 0.4) is 0 Å². The molecule has 0 fully saturated rings. The van der Waals surface area contributed by atoms with Crippen molar-refractivity contribution in [3.05, 3.63) is 35.7 Å². The first kappa shape index (κ1) is 12.4. The Bertz CT molecular complexity index is 567. The van der Waals surface area contributed by atoms with E-state index in [2.05, 4.69) is 34.6 Å². The maximum Gasteiger partial charge on any atom is 0.202 e. The number of benzene rings is 1. The van der Waals surface area contributed by atoms with Crippen LogP contribution in [0.5, 0.6) is 5.75 Å². The molecular formula is C14H17N3OS. The Labute approximate surface area is 117 Å². The second-order valence-electron chi connectivity index (χ2n) is 5.13. The standard InChI is InChI=1S/C14H17N3OS/c1-9(2)7-15-14-16-13(17-19-14)11-8-18-12-6-4-3-5-10(11)12/h3-6,9,11H,7-8H2,1-2H3,(H,15,16,17). The van der Waals surface area contributed by atoms with Gasteiger partial charge in [-0.15, -0.1) is 0 Å². The molecule has 0 saturated carbocycles. The van der Waals surface area contributed by atoms with Gasteiger partial charge in [-0.05, 0) is 12.0 Å². The van der Waals surface area contributed by atoms with E-state index < -0.39 is 0 Å². The number of ether oxygens (including phenoxy) is 1. The van der Waals surface area contributed by atoms with Crippen LogP contribution in [0.2, 0.25) is 0 Å². The number of nitrogens with one attached hydrogen (secondary N) is 1. The fourth-order valence-corrected chi connectivity index (χ4v) is 2.75. The van der Waals surface area contributed by atoms with Gasteiger partial charge in [0, 0.05) is 23.6 Å². The molecule has 1 atom stereocenters. The molecule has 1 aliphatic rings. The van der Waals surface area contributed by atoms with E-state index >= 15 is 0 Å². The number of rotatable bonds is 4. The summed E-state index contributed by atoms with van der Waals surface area (Å²) in [4.78, 5) is 4.58. The number of nitrogens with zero attached hydrogens (tertiary/aromatic N) is 2. The molecule has 0 amide bonds. The molecule has 1 aromatic carbocycles. The molecule has 0 radical (unpaired) electrons. The number of anilines is 1. The average Bonchev–Trinajstić information content (AvgIpc) is 3.02. The number of hydrogen-bond acceptors (Lipinski definition) is 5. The summed E-state index contributed by atoms with van der Waals surface area (Å²) in [5, 5.41) is 4.21. The van der Waals surface area contributed by atoms with Gasteiger partial charge in [0.05, 0.1) is 5.92 Å². The Morgan fingerprint density at radius 2 is 2.26 bits per heavy atom. The van der Waals surface area contributed by atoms with E-state index in [4.69, 9.17) is 4.74 Å². The first-order valence-electron chi connectivity index (χ1n) is 6.53. The Balaban J connectivity index is 1.77. The van der Waals surface area contributed by atoms with Gasteiger partial charge >= 0.3 is 0 Å². The van der Waals surface area contributed by atoms with E-state index in [1.165, 1.54) is 17.1 Å². The van der Waals surface area contributed by atoms with Gasteiger partial charge in [0.1, 0.15) is 12.4 Å². The molecule has 0 saturated heterocycles. The van der Waals surface area contributed by atoms with Crippen LogP contribution in [0.25, 0.3) is 0 Å². The van der Waals surface area contributed by atoms with Crippen LogP contribution in [-0.2, 0) is 0 Å². The minimum absolute atomic E-state index is 0.169. The van der Waals surface area contributed by atoms with E-state index in [1.54, 1.807) is 0 Å². The molecule has 0 bridgehead atoms. The van der Waals surface area contributed by atoms with Crippen molar-refractivity contribution in [1.29, 1.82) is 0 Å². The minimum Gasteiger partial charge on any atom is -0.492 e. The van der Waals surface area contributed by atoms with Gasteiger partial charge in [-0.3, -0.25) is 0 Å². The van der Waals surface area contributed by atoms with Crippen LogP contribution in [0, 0.1) is 5.92 Å². The van der Waals surface area contributed by atoms with Gasteiger partial charge < -0.3 is 10.1 Å².